The first-order valence-corrected chi connectivity index (χ1v) is 12.7. The van der Waals surface area contributed by atoms with Crippen molar-refractivity contribution in [3.63, 3.8) is 0 Å². The number of aromatic nitrogens is 4. The van der Waals surface area contributed by atoms with E-state index in [1.165, 1.54) is 6.07 Å². The van der Waals surface area contributed by atoms with Gasteiger partial charge in [0.25, 0.3) is 6.43 Å². The number of nitrogens with zero attached hydrogens (tertiary/aromatic N) is 6. The zero-order valence-corrected chi connectivity index (χ0v) is 22.8. The van der Waals surface area contributed by atoms with E-state index < -0.39 is 12.1 Å². The highest BCUT2D eigenvalue weighted by atomic mass is 19.3. The Morgan fingerprint density at radius 2 is 1.80 bits per heavy atom. The lowest BCUT2D eigenvalue weighted by Gasteiger charge is -2.21. The van der Waals surface area contributed by atoms with E-state index in [1.54, 1.807) is 56.3 Å². The average molecular weight is 562 g/mol. The molecule has 3 N–H and O–H groups in total. The zero-order valence-electron chi connectivity index (χ0n) is 22.8. The molecule has 3 aromatic heterocycles. The molecule has 0 amide bonds. The first-order valence-electron chi connectivity index (χ1n) is 12.7. The van der Waals surface area contributed by atoms with Gasteiger partial charge in [0.15, 0.2) is 0 Å². The number of nitrogens with two attached hydrogens (primary N) is 1. The Balaban J connectivity index is 1.74. The van der Waals surface area contributed by atoms with Crippen molar-refractivity contribution in [3.8, 4) is 40.2 Å². The van der Waals surface area contributed by atoms with E-state index in [0.29, 0.717) is 57.4 Å². The summed E-state index contributed by atoms with van der Waals surface area (Å²) in [6, 6.07) is 15.5. The van der Waals surface area contributed by atoms with Gasteiger partial charge in [0.2, 0.25) is 17.7 Å². The van der Waals surface area contributed by atoms with Crippen molar-refractivity contribution >= 4 is 11.8 Å². The number of aliphatic hydroxyl groups is 1. The van der Waals surface area contributed by atoms with Crippen molar-refractivity contribution in [2.45, 2.75) is 20.3 Å². The Bertz CT molecular complexity index is 1580. The first-order chi connectivity index (χ1) is 19.7. The van der Waals surface area contributed by atoms with Crippen LogP contribution in [0.25, 0.3) is 22.4 Å². The molecule has 0 radical (unpaired) electrons. The van der Waals surface area contributed by atoms with E-state index in [2.05, 4.69) is 26.0 Å². The summed E-state index contributed by atoms with van der Waals surface area (Å²) in [6.07, 6.45) is -2.79. The number of pyridine rings is 2. The van der Waals surface area contributed by atoms with Crippen LogP contribution < -0.4 is 20.1 Å². The van der Waals surface area contributed by atoms with Gasteiger partial charge in [0.1, 0.15) is 24.7 Å². The molecule has 0 fully saturated rings. The molecule has 0 saturated carbocycles. The number of rotatable bonds is 11. The molecule has 4 aromatic rings. The van der Waals surface area contributed by atoms with Crippen LogP contribution in [-0.2, 0) is 0 Å². The zero-order chi connectivity index (χ0) is 29.5. The first kappa shape index (κ1) is 29.1. The molecule has 0 aliphatic rings. The number of hydrogen-bond acceptors (Lipinski definition) is 10. The van der Waals surface area contributed by atoms with Gasteiger partial charge in [-0.15, -0.1) is 0 Å². The van der Waals surface area contributed by atoms with Crippen LogP contribution in [0.4, 0.5) is 20.5 Å². The second-order valence-electron chi connectivity index (χ2n) is 9.10. The molecular formula is C29H29F2N7O3. The number of aryl methyl sites for hydroxylation is 1. The van der Waals surface area contributed by atoms with Gasteiger partial charge < -0.3 is 25.2 Å². The minimum Gasteiger partial charge on any atom is -0.475 e. The number of halogens is 2. The van der Waals surface area contributed by atoms with E-state index in [1.807, 2.05) is 11.9 Å². The third-order valence-electron chi connectivity index (χ3n) is 6.19. The van der Waals surface area contributed by atoms with Crippen LogP contribution in [0.2, 0.25) is 0 Å². The van der Waals surface area contributed by atoms with Gasteiger partial charge in [0.05, 0.1) is 36.0 Å². The minimum atomic E-state index is -2.79. The summed E-state index contributed by atoms with van der Waals surface area (Å²) in [5.41, 5.74) is 8.83. The molecule has 1 aromatic carbocycles. The lowest BCUT2D eigenvalue weighted by Crippen LogP contribution is -2.25. The molecule has 0 aliphatic carbocycles. The molecule has 0 aliphatic heterocycles. The maximum absolute atomic E-state index is 13.7. The number of alkyl halides is 2. The van der Waals surface area contributed by atoms with Crippen LogP contribution in [0, 0.1) is 25.2 Å². The highest BCUT2D eigenvalue weighted by molar-refractivity contribution is 5.86. The van der Waals surface area contributed by atoms with Crippen molar-refractivity contribution < 1.29 is 23.4 Å². The smallest absolute Gasteiger partial charge is 0.280 e. The SMILES string of the molecule is Cc1cc(-c2c(OCCN(C)c3cccc(OCCO)n3)nc(N)nc2-c2cccc(C#N)c2C)cc(C(F)F)n1. The van der Waals surface area contributed by atoms with Crippen molar-refractivity contribution in [3.05, 3.63) is 71.0 Å². The Hall–Kier alpha value is -4.89. The van der Waals surface area contributed by atoms with Gasteiger partial charge in [-0.1, -0.05) is 18.2 Å². The number of nitriles is 1. The molecule has 0 bridgehead atoms. The second kappa shape index (κ2) is 13.0. The third kappa shape index (κ3) is 6.82. The van der Waals surface area contributed by atoms with Crippen LogP contribution in [0.5, 0.6) is 11.8 Å². The summed E-state index contributed by atoms with van der Waals surface area (Å²) in [5, 5.41) is 18.6. The topological polar surface area (TPSA) is 143 Å². The summed E-state index contributed by atoms with van der Waals surface area (Å²) in [7, 11) is 1.82. The van der Waals surface area contributed by atoms with Gasteiger partial charge in [-0.3, -0.25) is 4.98 Å². The number of benzene rings is 1. The van der Waals surface area contributed by atoms with Gasteiger partial charge in [-0.05, 0) is 49.2 Å². The third-order valence-corrected chi connectivity index (χ3v) is 6.19. The molecule has 212 valence electrons. The largest absolute Gasteiger partial charge is 0.475 e. The normalized spacial score (nSPS) is 10.9. The molecule has 0 unspecified atom stereocenters. The fourth-order valence-electron chi connectivity index (χ4n) is 4.22. The summed E-state index contributed by atoms with van der Waals surface area (Å²) in [5.74, 6) is 1.01. The van der Waals surface area contributed by atoms with Crippen molar-refractivity contribution in [2.75, 3.05) is 44.0 Å². The monoisotopic (exact) mass is 561 g/mol. The lowest BCUT2D eigenvalue weighted by atomic mass is 9.94. The Morgan fingerprint density at radius 1 is 1.02 bits per heavy atom. The molecule has 41 heavy (non-hydrogen) atoms. The van der Waals surface area contributed by atoms with E-state index in [-0.39, 0.29) is 31.6 Å². The van der Waals surface area contributed by atoms with Gasteiger partial charge in [-0.2, -0.15) is 15.2 Å². The lowest BCUT2D eigenvalue weighted by molar-refractivity contribution is 0.146. The predicted molar refractivity (Wildman–Crippen MR) is 150 cm³/mol. The van der Waals surface area contributed by atoms with E-state index in [0.717, 1.165) is 0 Å². The van der Waals surface area contributed by atoms with Gasteiger partial charge >= 0.3 is 0 Å². The van der Waals surface area contributed by atoms with Crippen LogP contribution in [0.1, 0.15) is 28.9 Å². The fourth-order valence-corrected chi connectivity index (χ4v) is 4.22. The molecule has 0 atom stereocenters. The van der Waals surface area contributed by atoms with Crippen LogP contribution >= 0.6 is 0 Å². The second-order valence-corrected chi connectivity index (χ2v) is 9.10. The molecule has 0 saturated heterocycles. The van der Waals surface area contributed by atoms with Crippen molar-refractivity contribution in [1.29, 1.82) is 5.26 Å². The number of aliphatic hydroxyl groups excluding tert-OH is 1. The van der Waals surface area contributed by atoms with Crippen molar-refractivity contribution in [1.82, 2.24) is 19.9 Å². The Morgan fingerprint density at radius 3 is 2.54 bits per heavy atom. The van der Waals surface area contributed by atoms with Gasteiger partial charge in [0, 0.05) is 24.4 Å². The summed E-state index contributed by atoms with van der Waals surface area (Å²) in [6.45, 7) is 3.90. The highest BCUT2D eigenvalue weighted by Gasteiger charge is 2.23. The quantitative estimate of drug-likeness (QED) is 0.269. The highest BCUT2D eigenvalue weighted by Crippen LogP contribution is 2.40. The number of anilines is 2. The Labute approximate surface area is 236 Å². The van der Waals surface area contributed by atoms with E-state index in [4.69, 9.17) is 20.3 Å². The molecule has 4 rings (SSSR count). The summed E-state index contributed by atoms with van der Waals surface area (Å²) in [4.78, 5) is 19.0. The summed E-state index contributed by atoms with van der Waals surface area (Å²) >= 11 is 0. The fraction of sp³-hybridized carbons (Fsp3) is 0.276. The van der Waals surface area contributed by atoms with Crippen LogP contribution in [0.3, 0.4) is 0 Å². The minimum absolute atomic E-state index is 0.0795. The molecule has 3 heterocycles. The summed E-state index contributed by atoms with van der Waals surface area (Å²) < 4.78 is 39.0. The van der Waals surface area contributed by atoms with Crippen LogP contribution in [-0.4, -0.2) is 58.5 Å². The van der Waals surface area contributed by atoms with E-state index in [9.17, 15) is 14.0 Å². The molecule has 10 nitrogen and oxygen atoms in total. The molecule has 12 heteroatoms. The van der Waals surface area contributed by atoms with Crippen molar-refractivity contribution in [2.24, 2.45) is 0 Å². The number of likely N-dealkylation sites (N-methyl/N-ethyl adjacent to an activating group) is 1. The molecule has 0 spiro atoms. The van der Waals surface area contributed by atoms with Crippen LogP contribution in [0.15, 0.2) is 48.5 Å². The Kier molecular flexibility index (Phi) is 9.21. The van der Waals surface area contributed by atoms with E-state index >= 15 is 0 Å². The molecular weight excluding hydrogens is 532 g/mol. The predicted octanol–water partition coefficient (Wildman–Crippen LogP) is 4.50. The maximum Gasteiger partial charge on any atom is 0.280 e. The number of hydrogen-bond donors (Lipinski definition) is 2. The average Bonchev–Trinajstić information content (AvgIpc) is 2.95. The number of nitrogen functional groups attached to an aromatic ring is 1. The maximum atomic E-state index is 13.7. The standard InChI is InChI=1S/C29H29F2N7O3/c1-17-14-20(15-22(34-17)27(30)31)25-26(21-7-4-6-19(16-32)18(21)2)36-29(33)37-28(25)41-12-10-38(3)23-8-5-9-24(35-23)40-13-11-39/h4-9,14-15,27,39H,10-13H2,1-3H3,(H2,33,36,37). The van der Waals surface area contributed by atoms with Gasteiger partial charge in [-0.25, -0.2) is 13.8 Å². The number of ether oxygens (including phenoxy) is 2.